The van der Waals surface area contributed by atoms with Gasteiger partial charge in [0.15, 0.2) is 0 Å². The minimum absolute atomic E-state index is 0.0833. The maximum atomic E-state index is 13.8. The quantitative estimate of drug-likeness (QED) is 0.916. The van der Waals surface area contributed by atoms with Crippen molar-refractivity contribution in [1.82, 2.24) is 0 Å². The number of rotatable bonds is 4. The van der Waals surface area contributed by atoms with Crippen molar-refractivity contribution in [3.63, 3.8) is 0 Å². The lowest BCUT2D eigenvalue weighted by Gasteiger charge is -2.17. The molecule has 2 aromatic carbocycles. The summed E-state index contributed by atoms with van der Waals surface area (Å²) in [5.41, 5.74) is 3.40. The summed E-state index contributed by atoms with van der Waals surface area (Å²) in [5, 5.41) is 3.10. The van der Waals surface area contributed by atoms with Crippen LogP contribution in [-0.4, -0.2) is 19.0 Å². The van der Waals surface area contributed by atoms with E-state index in [4.69, 9.17) is 11.6 Å². The van der Waals surface area contributed by atoms with E-state index in [1.165, 1.54) is 17.7 Å². The van der Waals surface area contributed by atoms with E-state index in [-0.39, 0.29) is 22.9 Å². The molecule has 1 aliphatic heterocycles. The van der Waals surface area contributed by atoms with E-state index < -0.39 is 5.82 Å². The molecule has 5 heteroatoms. The SMILES string of the molecule is CCN1CCc2ccc(NC(=O)Cc3c(F)cccc3Cl)cc21. The number of carbonyl (C=O) groups excluding carboxylic acids is 1. The highest BCUT2D eigenvalue weighted by Crippen LogP contribution is 2.30. The molecular formula is C18H18ClFN2O. The van der Waals surface area contributed by atoms with Gasteiger partial charge in [0.2, 0.25) is 5.91 Å². The fourth-order valence-corrected chi connectivity index (χ4v) is 3.15. The monoisotopic (exact) mass is 332 g/mol. The molecule has 1 amide bonds. The number of likely N-dealkylation sites (N-methyl/N-ethyl adjacent to an activating group) is 1. The summed E-state index contributed by atoms with van der Waals surface area (Å²) < 4.78 is 13.8. The third-order valence-corrected chi connectivity index (χ3v) is 4.50. The molecule has 3 rings (SSSR count). The van der Waals surface area contributed by atoms with Crippen LogP contribution in [0.3, 0.4) is 0 Å². The molecule has 23 heavy (non-hydrogen) atoms. The highest BCUT2D eigenvalue weighted by atomic mass is 35.5. The van der Waals surface area contributed by atoms with Crippen LogP contribution in [0.15, 0.2) is 36.4 Å². The Hall–Kier alpha value is -2.07. The van der Waals surface area contributed by atoms with E-state index in [0.717, 1.165) is 30.9 Å². The van der Waals surface area contributed by atoms with Crippen LogP contribution in [0, 0.1) is 5.82 Å². The number of nitrogens with one attached hydrogen (secondary N) is 1. The lowest BCUT2D eigenvalue weighted by atomic mass is 10.1. The molecule has 0 saturated heterocycles. The maximum absolute atomic E-state index is 13.8. The molecule has 0 atom stereocenters. The smallest absolute Gasteiger partial charge is 0.228 e. The van der Waals surface area contributed by atoms with Gasteiger partial charge in [0.05, 0.1) is 6.42 Å². The number of halogens is 2. The molecule has 1 N–H and O–H groups in total. The normalized spacial score (nSPS) is 13.1. The van der Waals surface area contributed by atoms with Gasteiger partial charge in [-0.1, -0.05) is 23.7 Å². The second-order valence-corrected chi connectivity index (χ2v) is 6.01. The van der Waals surface area contributed by atoms with Gasteiger partial charge in [-0.05, 0) is 43.2 Å². The Labute approximate surface area is 140 Å². The summed E-state index contributed by atoms with van der Waals surface area (Å²) in [6.45, 7) is 4.06. The average Bonchev–Trinajstić information content (AvgIpc) is 2.93. The van der Waals surface area contributed by atoms with Crippen molar-refractivity contribution in [2.75, 3.05) is 23.3 Å². The Kier molecular flexibility index (Phi) is 4.53. The first-order chi connectivity index (χ1) is 11.1. The van der Waals surface area contributed by atoms with Gasteiger partial charge < -0.3 is 10.2 Å². The highest BCUT2D eigenvalue weighted by molar-refractivity contribution is 6.31. The molecular weight excluding hydrogens is 315 g/mol. The van der Waals surface area contributed by atoms with E-state index in [1.807, 2.05) is 18.2 Å². The number of hydrogen-bond donors (Lipinski definition) is 1. The number of nitrogens with zero attached hydrogens (tertiary/aromatic N) is 1. The third kappa shape index (κ3) is 3.32. The molecule has 0 aromatic heterocycles. The molecule has 1 heterocycles. The number of hydrogen-bond acceptors (Lipinski definition) is 2. The Morgan fingerprint density at radius 1 is 1.35 bits per heavy atom. The summed E-state index contributed by atoms with van der Waals surface area (Å²) in [6, 6.07) is 10.3. The minimum atomic E-state index is -0.459. The number of fused-ring (bicyclic) bond motifs is 1. The standard InChI is InChI=1S/C18H18ClFN2O/c1-2-22-9-8-12-6-7-13(10-17(12)22)21-18(23)11-14-15(19)4-3-5-16(14)20/h3-7,10H,2,8-9,11H2,1H3,(H,21,23). The minimum Gasteiger partial charge on any atom is -0.371 e. The summed E-state index contributed by atoms with van der Waals surface area (Å²) in [5.74, 6) is -0.739. The van der Waals surface area contributed by atoms with E-state index in [9.17, 15) is 9.18 Å². The van der Waals surface area contributed by atoms with Crippen molar-refractivity contribution in [3.8, 4) is 0 Å². The van der Waals surface area contributed by atoms with E-state index >= 15 is 0 Å². The van der Waals surface area contributed by atoms with Gasteiger partial charge in [0.25, 0.3) is 0 Å². The van der Waals surface area contributed by atoms with Gasteiger partial charge in [-0.15, -0.1) is 0 Å². The Balaban J connectivity index is 1.74. The molecule has 0 radical (unpaired) electrons. The number of amides is 1. The van der Waals surface area contributed by atoms with Crippen LogP contribution >= 0.6 is 11.6 Å². The van der Waals surface area contributed by atoms with Crippen LogP contribution in [0.5, 0.6) is 0 Å². The van der Waals surface area contributed by atoms with Crippen molar-refractivity contribution in [1.29, 1.82) is 0 Å². The fourth-order valence-electron chi connectivity index (χ4n) is 2.92. The van der Waals surface area contributed by atoms with Crippen molar-refractivity contribution < 1.29 is 9.18 Å². The molecule has 0 bridgehead atoms. The number of anilines is 2. The largest absolute Gasteiger partial charge is 0.371 e. The fraction of sp³-hybridized carbons (Fsp3) is 0.278. The summed E-state index contributed by atoms with van der Waals surface area (Å²) in [6.07, 6.45) is 0.947. The first kappa shape index (κ1) is 15.8. The van der Waals surface area contributed by atoms with E-state index in [0.29, 0.717) is 0 Å². The lowest BCUT2D eigenvalue weighted by molar-refractivity contribution is -0.115. The molecule has 1 aliphatic rings. The molecule has 0 aliphatic carbocycles. The van der Waals surface area contributed by atoms with Crippen LogP contribution in [0.4, 0.5) is 15.8 Å². The second-order valence-electron chi connectivity index (χ2n) is 5.60. The van der Waals surface area contributed by atoms with E-state index in [1.54, 1.807) is 6.07 Å². The van der Waals surface area contributed by atoms with Gasteiger partial charge in [-0.2, -0.15) is 0 Å². The summed E-state index contributed by atoms with van der Waals surface area (Å²) in [4.78, 5) is 14.5. The van der Waals surface area contributed by atoms with Crippen LogP contribution in [0.1, 0.15) is 18.1 Å². The predicted octanol–water partition coefficient (Wildman–Crippen LogP) is 4.04. The van der Waals surface area contributed by atoms with Gasteiger partial charge in [0.1, 0.15) is 5.82 Å². The van der Waals surface area contributed by atoms with Crippen LogP contribution in [0.25, 0.3) is 0 Å². The van der Waals surface area contributed by atoms with Crippen molar-refractivity contribution in [3.05, 3.63) is 58.4 Å². The lowest BCUT2D eigenvalue weighted by Crippen LogP contribution is -2.19. The van der Waals surface area contributed by atoms with Crippen LogP contribution in [-0.2, 0) is 17.6 Å². The third-order valence-electron chi connectivity index (χ3n) is 4.14. The highest BCUT2D eigenvalue weighted by Gasteiger charge is 2.18. The molecule has 0 saturated carbocycles. The predicted molar refractivity (Wildman–Crippen MR) is 91.8 cm³/mol. The molecule has 120 valence electrons. The molecule has 0 spiro atoms. The molecule has 2 aromatic rings. The van der Waals surface area contributed by atoms with Crippen LogP contribution < -0.4 is 10.2 Å². The molecule has 0 unspecified atom stereocenters. The van der Waals surface area contributed by atoms with E-state index in [2.05, 4.69) is 17.1 Å². The zero-order valence-corrected chi connectivity index (χ0v) is 13.7. The summed E-state index contributed by atoms with van der Waals surface area (Å²) in [7, 11) is 0. The molecule has 0 fully saturated rings. The van der Waals surface area contributed by atoms with Gasteiger partial charge in [0, 0.05) is 35.1 Å². The van der Waals surface area contributed by atoms with Crippen molar-refractivity contribution in [2.45, 2.75) is 19.8 Å². The number of benzene rings is 2. The Bertz CT molecular complexity index is 728. The van der Waals surface area contributed by atoms with Gasteiger partial charge in [-0.3, -0.25) is 4.79 Å². The maximum Gasteiger partial charge on any atom is 0.228 e. The van der Waals surface area contributed by atoms with Gasteiger partial charge >= 0.3 is 0 Å². The topological polar surface area (TPSA) is 32.3 Å². The van der Waals surface area contributed by atoms with Gasteiger partial charge in [-0.25, -0.2) is 4.39 Å². The average molecular weight is 333 g/mol. The Morgan fingerprint density at radius 2 is 2.17 bits per heavy atom. The second kappa shape index (κ2) is 6.59. The zero-order chi connectivity index (χ0) is 16.4. The number of carbonyl (C=O) groups is 1. The zero-order valence-electron chi connectivity index (χ0n) is 12.9. The van der Waals surface area contributed by atoms with Crippen molar-refractivity contribution >= 4 is 28.9 Å². The summed E-state index contributed by atoms with van der Waals surface area (Å²) >= 11 is 5.96. The Morgan fingerprint density at radius 3 is 2.91 bits per heavy atom. The van der Waals surface area contributed by atoms with Crippen LogP contribution in [0.2, 0.25) is 5.02 Å². The first-order valence-corrected chi connectivity index (χ1v) is 8.07. The first-order valence-electron chi connectivity index (χ1n) is 7.69. The molecule has 3 nitrogen and oxygen atoms in total. The van der Waals surface area contributed by atoms with Crippen molar-refractivity contribution in [2.24, 2.45) is 0 Å².